The van der Waals surface area contributed by atoms with Crippen molar-refractivity contribution in [2.45, 2.75) is 107 Å². The molecule has 1 aromatic carbocycles. The number of primary amides is 3. The molecule has 1 heterocycles. The molecule has 1 saturated heterocycles. The van der Waals surface area contributed by atoms with Crippen LogP contribution in [-0.4, -0.2) is 149 Å². The van der Waals surface area contributed by atoms with E-state index >= 15 is 0 Å². The van der Waals surface area contributed by atoms with Crippen LogP contribution in [0, 0.1) is 5.92 Å². The van der Waals surface area contributed by atoms with E-state index in [1.165, 1.54) is 4.90 Å². The zero-order valence-corrected chi connectivity index (χ0v) is 38.6. The molecule has 0 aromatic heterocycles. The first-order chi connectivity index (χ1) is 31.2. The second-order valence-electron chi connectivity index (χ2n) is 15.6. The number of thiol groups is 2. The van der Waals surface area contributed by atoms with Crippen molar-refractivity contribution >= 4 is 90.2 Å². The van der Waals surface area contributed by atoms with Crippen LogP contribution < -0.4 is 65.9 Å². The highest BCUT2D eigenvalue weighted by molar-refractivity contribution is 7.80. The highest BCUT2D eigenvalue weighted by atomic mass is 32.1. The number of nitrogens with one attached hydrogen (secondary N) is 7. The Bertz CT molecular complexity index is 1910. The van der Waals surface area contributed by atoms with Crippen LogP contribution in [0.15, 0.2) is 30.3 Å². The summed E-state index contributed by atoms with van der Waals surface area (Å²) in [5.41, 5.74) is 28.1. The standard InChI is InChI=1S/C40H63N13O11S2/c1-3-20(2)32(52-37(61)24(48-33(57)22(42)18-65)14-21-8-5-4-6-9-21)39(63)50-26(16-30(44)55)35(59)49-25(15-29(43)54)36(60)51-27(19-66)40(64)53-13-7-10-28(53)38(62)47-23(11-12-41)34(58)46-17-31(45)56/h4-6,8-9,20,22-28,32,65-66H,3,7,10-19,41-42H2,1-2H3,(H2,43,54)(H2,44,55)(H2,45,56)(H,46,58)(H,47,62)(H,48,57)(H,49,59)(H,50,63)(H,51,60)(H,52,61)/t20-,22-,23-,24-,25-,26-,27-,28-,32-/m0/s1. The minimum atomic E-state index is -1.79. The number of hydrogen-bond acceptors (Lipinski definition) is 15. The summed E-state index contributed by atoms with van der Waals surface area (Å²) < 4.78 is 0. The van der Waals surface area contributed by atoms with E-state index in [9.17, 15) is 52.7 Å². The SMILES string of the molecule is CC[C@H](C)[C@H](NC(=O)[C@H](Cc1ccccc1)NC(=O)[C@@H](N)CS)C(=O)N[C@@H](CC(N)=O)C(=O)N[C@@H](CC(N)=O)C(=O)N[C@@H](CS)C(=O)N1CCC[C@H]1C(=O)N[C@@H](CCN)C(=O)NCC(N)=O. The number of amides is 11. The van der Waals surface area contributed by atoms with Gasteiger partial charge in [0.15, 0.2) is 0 Å². The molecule has 2 rings (SSSR count). The van der Waals surface area contributed by atoms with E-state index in [4.69, 9.17) is 28.7 Å². The molecular formula is C40H63N13O11S2. The van der Waals surface area contributed by atoms with Crippen LogP contribution in [0.3, 0.4) is 0 Å². The third-order valence-corrected chi connectivity index (χ3v) is 11.2. The summed E-state index contributed by atoms with van der Waals surface area (Å²) in [5, 5.41) is 17.1. The average molecular weight is 966 g/mol. The second-order valence-corrected chi connectivity index (χ2v) is 16.4. The lowest BCUT2D eigenvalue weighted by Crippen LogP contribution is -2.62. The van der Waals surface area contributed by atoms with Gasteiger partial charge in [0.1, 0.15) is 42.3 Å². The zero-order valence-electron chi connectivity index (χ0n) is 36.8. The van der Waals surface area contributed by atoms with Crippen molar-refractivity contribution in [1.29, 1.82) is 0 Å². The average Bonchev–Trinajstić information content (AvgIpc) is 3.77. The Balaban J connectivity index is 2.30. The molecule has 66 heavy (non-hydrogen) atoms. The van der Waals surface area contributed by atoms with Crippen LogP contribution in [-0.2, 0) is 59.2 Å². The van der Waals surface area contributed by atoms with E-state index < -0.39 is 139 Å². The van der Waals surface area contributed by atoms with Crippen LogP contribution in [0.4, 0.5) is 0 Å². The number of carbonyl (C=O) groups excluding carboxylic acids is 11. The predicted molar refractivity (Wildman–Crippen MR) is 245 cm³/mol. The molecule has 1 aliphatic heterocycles. The molecule has 26 heteroatoms. The second kappa shape index (κ2) is 28.1. The summed E-state index contributed by atoms with van der Waals surface area (Å²) in [6.45, 7) is 2.91. The molecule has 24 nitrogen and oxygen atoms in total. The Morgan fingerprint density at radius 1 is 0.682 bits per heavy atom. The largest absolute Gasteiger partial charge is 0.370 e. The van der Waals surface area contributed by atoms with E-state index in [1.54, 1.807) is 44.2 Å². The fourth-order valence-corrected chi connectivity index (χ4v) is 7.11. The molecule has 0 radical (unpaired) electrons. The molecule has 1 aromatic rings. The van der Waals surface area contributed by atoms with Crippen LogP contribution >= 0.6 is 25.3 Å². The zero-order chi connectivity index (χ0) is 49.7. The number of benzene rings is 1. The van der Waals surface area contributed by atoms with Crippen molar-refractivity contribution in [3.05, 3.63) is 35.9 Å². The maximum atomic E-state index is 13.9. The van der Waals surface area contributed by atoms with Gasteiger partial charge in [0, 0.05) is 24.5 Å². The van der Waals surface area contributed by atoms with Crippen molar-refractivity contribution in [2.24, 2.45) is 34.6 Å². The Morgan fingerprint density at radius 3 is 1.74 bits per heavy atom. The number of nitrogens with zero attached hydrogens (tertiary/aromatic N) is 1. The summed E-state index contributed by atoms with van der Waals surface area (Å²) in [7, 11) is 0. The molecule has 11 amide bonds. The van der Waals surface area contributed by atoms with Crippen molar-refractivity contribution in [3.8, 4) is 0 Å². The normalized spacial score (nSPS) is 16.9. The van der Waals surface area contributed by atoms with Gasteiger partial charge in [-0.2, -0.15) is 25.3 Å². The molecule has 1 aliphatic rings. The van der Waals surface area contributed by atoms with Crippen LogP contribution in [0.2, 0.25) is 0 Å². The lowest BCUT2D eigenvalue weighted by atomic mass is 9.96. The van der Waals surface area contributed by atoms with Crippen molar-refractivity contribution in [2.75, 3.05) is 31.1 Å². The smallest absolute Gasteiger partial charge is 0.246 e. The molecule has 366 valence electrons. The Labute approximate surface area is 392 Å². The molecule has 0 bridgehead atoms. The molecular weight excluding hydrogens is 903 g/mol. The van der Waals surface area contributed by atoms with Crippen molar-refractivity contribution < 1.29 is 52.7 Å². The molecule has 17 N–H and O–H groups in total. The topological polar surface area (TPSA) is 405 Å². The Kier molecular flexibility index (Phi) is 23.9. The maximum Gasteiger partial charge on any atom is 0.246 e. The number of rotatable bonds is 28. The Hall–Kier alpha value is -5.99. The van der Waals surface area contributed by atoms with Gasteiger partial charge >= 0.3 is 0 Å². The van der Waals surface area contributed by atoms with E-state index in [0.29, 0.717) is 18.4 Å². The van der Waals surface area contributed by atoms with Gasteiger partial charge in [0.25, 0.3) is 0 Å². The summed E-state index contributed by atoms with van der Waals surface area (Å²) in [4.78, 5) is 144. The highest BCUT2D eigenvalue weighted by Gasteiger charge is 2.40. The first kappa shape index (κ1) is 56.1. The molecule has 1 fully saturated rings. The fourth-order valence-electron chi connectivity index (χ4n) is 6.69. The number of likely N-dealkylation sites (tertiary alicyclic amines) is 1. The first-order valence-electron chi connectivity index (χ1n) is 21.1. The van der Waals surface area contributed by atoms with Crippen LogP contribution in [0.1, 0.15) is 57.9 Å². The van der Waals surface area contributed by atoms with E-state index in [0.717, 1.165) is 0 Å². The summed E-state index contributed by atoms with van der Waals surface area (Å²) in [6, 6.07) is -2.21. The summed E-state index contributed by atoms with van der Waals surface area (Å²) in [6.07, 6.45) is -0.786. The van der Waals surface area contributed by atoms with Gasteiger partial charge < -0.3 is 70.8 Å². The molecule has 0 aliphatic carbocycles. The van der Waals surface area contributed by atoms with Gasteiger partial charge in [-0.15, -0.1) is 0 Å². The van der Waals surface area contributed by atoms with Gasteiger partial charge in [-0.1, -0.05) is 50.6 Å². The molecule has 0 unspecified atom stereocenters. The number of carbonyl (C=O) groups is 11. The lowest BCUT2D eigenvalue weighted by molar-refractivity contribution is -0.142. The minimum absolute atomic E-state index is 0.00668. The maximum absolute atomic E-state index is 13.9. The first-order valence-corrected chi connectivity index (χ1v) is 22.4. The fraction of sp³-hybridized carbons (Fsp3) is 0.575. The molecule has 0 spiro atoms. The van der Waals surface area contributed by atoms with Gasteiger partial charge in [-0.25, -0.2) is 0 Å². The minimum Gasteiger partial charge on any atom is -0.370 e. The Morgan fingerprint density at radius 2 is 1.23 bits per heavy atom. The monoisotopic (exact) mass is 965 g/mol. The molecule has 9 atom stereocenters. The van der Waals surface area contributed by atoms with E-state index in [2.05, 4.69) is 62.5 Å². The number of hydrogen-bond donors (Lipinski definition) is 14. The van der Waals surface area contributed by atoms with E-state index in [-0.39, 0.29) is 43.9 Å². The van der Waals surface area contributed by atoms with Crippen LogP contribution in [0.25, 0.3) is 0 Å². The van der Waals surface area contributed by atoms with Gasteiger partial charge in [0.05, 0.1) is 25.4 Å². The summed E-state index contributed by atoms with van der Waals surface area (Å²) in [5.74, 6) is -10.8. The van der Waals surface area contributed by atoms with Crippen LogP contribution in [0.5, 0.6) is 0 Å². The van der Waals surface area contributed by atoms with Crippen molar-refractivity contribution in [3.63, 3.8) is 0 Å². The van der Waals surface area contributed by atoms with E-state index in [1.807, 2.05) is 0 Å². The van der Waals surface area contributed by atoms with Crippen molar-refractivity contribution in [1.82, 2.24) is 42.1 Å². The lowest BCUT2D eigenvalue weighted by Gasteiger charge is -2.30. The highest BCUT2D eigenvalue weighted by Crippen LogP contribution is 2.20. The third-order valence-electron chi connectivity index (χ3n) is 10.5. The third kappa shape index (κ3) is 18.1. The van der Waals surface area contributed by atoms with Gasteiger partial charge in [0.2, 0.25) is 65.0 Å². The van der Waals surface area contributed by atoms with Gasteiger partial charge in [-0.3, -0.25) is 52.7 Å². The summed E-state index contributed by atoms with van der Waals surface area (Å²) >= 11 is 8.25. The molecule has 0 saturated carbocycles. The quantitative estimate of drug-likeness (QED) is 0.0349. The van der Waals surface area contributed by atoms with Gasteiger partial charge in [-0.05, 0) is 37.3 Å². The predicted octanol–water partition coefficient (Wildman–Crippen LogP) is -5.94. The number of nitrogens with two attached hydrogens (primary N) is 5.